The van der Waals surface area contributed by atoms with E-state index in [2.05, 4.69) is 10.3 Å². The molecule has 0 aliphatic heterocycles. The van der Waals surface area contributed by atoms with Gasteiger partial charge in [-0.05, 0) is 12.3 Å². The van der Waals surface area contributed by atoms with Crippen molar-refractivity contribution in [2.24, 2.45) is 5.92 Å². The second kappa shape index (κ2) is 7.19. The average molecular weight is 250 g/mol. The van der Waals surface area contributed by atoms with Crippen LogP contribution in [0.1, 0.15) is 61.9 Å². The Hall–Kier alpha value is -1.32. The van der Waals surface area contributed by atoms with Gasteiger partial charge in [0.05, 0.1) is 0 Å². The lowest BCUT2D eigenvalue weighted by Crippen LogP contribution is -2.24. The summed E-state index contributed by atoms with van der Waals surface area (Å²) in [4.78, 5) is 15.3. The first-order valence-corrected chi connectivity index (χ1v) is 7.02. The van der Waals surface area contributed by atoms with Crippen LogP contribution < -0.4 is 5.32 Å². The third-order valence-corrected chi connectivity index (χ3v) is 3.71. The summed E-state index contributed by atoms with van der Waals surface area (Å²) >= 11 is 0. The van der Waals surface area contributed by atoms with Crippen LogP contribution in [0.25, 0.3) is 0 Å². The van der Waals surface area contributed by atoms with Crippen molar-refractivity contribution < 1.29 is 9.21 Å². The van der Waals surface area contributed by atoms with Crippen molar-refractivity contribution in [1.29, 1.82) is 0 Å². The Morgan fingerprint density at radius 3 is 2.89 bits per heavy atom. The standard InChI is InChI=1S/C14H22N2O2/c17-14(13-10-18-11-16-13)15-9-5-4-8-12-6-2-1-3-7-12/h10-12H,1-9H2,(H,15,17). The van der Waals surface area contributed by atoms with Gasteiger partial charge in [-0.15, -0.1) is 0 Å². The molecule has 1 fully saturated rings. The van der Waals surface area contributed by atoms with Crippen molar-refractivity contribution in [3.8, 4) is 0 Å². The molecule has 0 atom stereocenters. The molecular formula is C14H22N2O2. The maximum atomic E-state index is 11.5. The molecule has 1 N–H and O–H groups in total. The third-order valence-electron chi connectivity index (χ3n) is 3.71. The maximum absolute atomic E-state index is 11.5. The van der Waals surface area contributed by atoms with Crippen LogP contribution in [0.15, 0.2) is 17.1 Å². The van der Waals surface area contributed by atoms with Crippen LogP contribution in [0.3, 0.4) is 0 Å². The molecular weight excluding hydrogens is 228 g/mol. The van der Waals surface area contributed by atoms with Gasteiger partial charge >= 0.3 is 0 Å². The van der Waals surface area contributed by atoms with Crippen molar-refractivity contribution in [3.05, 3.63) is 18.4 Å². The fraction of sp³-hybridized carbons (Fsp3) is 0.714. The highest BCUT2D eigenvalue weighted by Crippen LogP contribution is 2.27. The number of nitrogens with zero attached hydrogens (tertiary/aromatic N) is 1. The monoisotopic (exact) mass is 250 g/mol. The molecule has 1 amide bonds. The van der Waals surface area contributed by atoms with Crippen LogP contribution >= 0.6 is 0 Å². The largest absolute Gasteiger partial charge is 0.451 e. The van der Waals surface area contributed by atoms with Gasteiger partial charge in [-0.2, -0.15) is 0 Å². The van der Waals surface area contributed by atoms with Gasteiger partial charge in [0.15, 0.2) is 12.1 Å². The Morgan fingerprint density at radius 1 is 1.33 bits per heavy atom. The number of amides is 1. The highest BCUT2D eigenvalue weighted by molar-refractivity contribution is 5.91. The van der Waals surface area contributed by atoms with Crippen molar-refractivity contribution in [2.75, 3.05) is 6.54 Å². The molecule has 0 spiro atoms. The number of carbonyl (C=O) groups is 1. The summed E-state index contributed by atoms with van der Waals surface area (Å²) in [5.74, 6) is 0.798. The van der Waals surface area contributed by atoms with E-state index in [0.29, 0.717) is 5.69 Å². The topological polar surface area (TPSA) is 55.1 Å². The van der Waals surface area contributed by atoms with Gasteiger partial charge in [0, 0.05) is 6.54 Å². The predicted octanol–water partition coefficient (Wildman–Crippen LogP) is 3.16. The summed E-state index contributed by atoms with van der Waals surface area (Å²) < 4.78 is 4.77. The molecule has 100 valence electrons. The second-order valence-corrected chi connectivity index (χ2v) is 5.13. The zero-order chi connectivity index (χ0) is 12.6. The SMILES string of the molecule is O=C(NCCCCC1CCCCC1)c1cocn1. The molecule has 0 radical (unpaired) electrons. The minimum Gasteiger partial charge on any atom is -0.451 e. The number of nitrogens with one attached hydrogen (secondary N) is 1. The van der Waals surface area contributed by atoms with Gasteiger partial charge < -0.3 is 9.73 Å². The summed E-state index contributed by atoms with van der Waals surface area (Å²) in [5, 5.41) is 2.86. The Kier molecular flexibility index (Phi) is 5.24. The first-order chi connectivity index (χ1) is 8.86. The van der Waals surface area contributed by atoms with Gasteiger partial charge in [0.1, 0.15) is 6.26 Å². The molecule has 1 aliphatic carbocycles. The molecule has 1 aromatic heterocycles. The zero-order valence-electron chi connectivity index (χ0n) is 10.9. The van der Waals surface area contributed by atoms with E-state index in [-0.39, 0.29) is 5.91 Å². The number of oxazole rings is 1. The minimum atomic E-state index is -0.138. The second-order valence-electron chi connectivity index (χ2n) is 5.13. The van der Waals surface area contributed by atoms with Gasteiger partial charge in [0.25, 0.3) is 5.91 Å². The molecule has 0 saturated heterocycles. The molecule has 1 saturated carbocycles. The van der Waals surface area contributed by atoms with E-state index in [1.54, 1.807) is 0 Å². The van der Waals surface area contributed by atoms with Crippen molar-refractivity contribution in [2.45, 2.75) is 51.4 Å². The fourth-order valence-corrected chi connectivity index (χ4v) is 2.65. The Bertz CT molecular complexity index is 343. The normalized spacial score (nSPS) is 16.7. The van der Waals surface area contributed by atoms with Crippen molar-refractivity contribution in [3.63, 3.8) is 0 Å². The lowest BCUT2D eigenvalue weighted by molar-refractivity contribution is 0.0947. The zero-order valence-corrected chi connectivity index (χ0v) is 10.9. The number of hydrogen-bond donors (Lipinski definition) is 1. The van der Waals surface area contributed by atoms with Gasteiger partial charge in [-0.1, -0.05) is 44.9 Å². The van der Waals surface area contributed by atoms with Gasteiger partial charge in [-0.3, -0.25) is 4.79 Å². The van der Waals surface area contributed by atoms with E-state index >= 15 is 0 Å². The molecule has 1 heterocycles. The predicted molar refractivity (Wildman–Crippen MR) is 69.3 cm³/mol. The molecule has 0 aromatic carbocycles. The van der Waals surface area contributed by atoms with E-state index in [4.69, 9.17) is 4.42 Å². The maximum Gasteiger partial charge on any atom is 0.273 e. The summed E-state index contributed by atoms with van der Waals surface area (Å²) in [5.41, 5.74) is 0.363. The van der Waals surface area contributed by atoms with Crippen LogP contribution in [0.2, 0.25) is 0 Å². The molecule has 2 rings (SSSR count). The fourth-order valence-electron chi connectivity index (χ4n) is 2.65. The number of aromatic nitrogens is 1. The van der Waals surface area contributed by atoms with E-state index in [0.717, 1.165) is 18.9 Å². The van der Waals surface area contributed by atoms with Crippen LogP contribution in [0.5, 0.6) is 0 Å². The summed E-state index contributed by atoms with van der Waals surface area (Å²) in [6, 6.07) is 0. The first-order valence-electron chi connectivity index (χ1n) is 7.02. The Balaban J connectivity index is 1.52. The first kappa shape index (κ1) is 13.1. The van der Waals surface area contributed by atoms with Crippen LogP contribution in [0, 0.1) is 5.92 Å². The number of carbonyl (C=O) groups excluding carboxylic acids is 1. The highest BCUT2D eigenvalue weighted by Gasteiger charge is 2.12. The molecule has 1 aliphatic rings. The van der Waals surface area contributed by atoms with E-state index in [1.165, 1.54) is 57.6 Å². The summed E-state index contributed by atoms with van der Waals surface area (Å²) in [7, 11) is 0. The Morgan fingerprint density at radius 2 is 2.17 bits per heavy atom. The quantitative estimate of drug-likeness (QED) is 0.789. The van der Waals surface area contributed by atoms with Gasteiger partial charge in [0.2, 0.25) is 0 Å². The van der Waals surface area contributed by atoms with Crippen molar-refractivity contribution in [1.82, 2.24) is 10.3 Å². The molecule has 4 nitrogen and oxygen atoms in total. The van der Waals surface area contributed by atoms with E-state index in [9.17, 15) is 4.79 Å². The number of hydrogen-bond acceptors (Lipinski definition) is 3. The summed E-state index contributed by atoms with van der Waals surface area (Å²) in [6.45, 7) is 0.735. The number of unbranched alkanes of at least 4 members (excludes halogenated alkanes) is 1. The van der Waals surface area contributed by atoms with Crippen molar-refractivity contribution >= 4 is 5.91 Å². The highest BCUT2D eigenvalue weighted by atomic mass is 16.3. The molecule has 4 heteroatoms. The molecule has 1 aromatic rings. The Labute approximate surface area is 108 Å². The van der Waals surface area contributed by atoms with E-state index in [1.807, 2.05) is 0 Å². The number of rotatable bonds is 6. The summed E-state index contributed by atoms with van der Waals surface area (Å²) in [6.07, 6.45) is 13.3. The lowest BCUT2D eigenvalue weighted by atomic mass is 9.86. The average Bonchev–Trinajstić information content (AvgIpc) is 2.93. The minimum absolute atomic E-state index is 0.138. The third kappa shape index (κ3) is 4.17. The van der Waals surface area contributed by atoms with Crippen LogP contribution in [0.4, 0.5) is 0 Å². The smallest absolute Gasteiger partial charge is 0.273 e. The molecule has 0 bridgehead atoms. The molecule has 0 unspecified atom stereocenters. The van der Waals surface area contributed by atoms with Crippen LogP contribution in [-0.2, 0) is 0 Å². The van der Waals surface area contributed by atoms with Gasteiger partial charge in [-0.25, -0.2) is 4.98 Å². The van der Waals surface area contributed by atoms with Crippen LogP contribution in [-0.4, -0.2) is 17.4 Å². The molecule has 18 heavy (non-hydrogen) atoms. The van der Waals surface area contributed by atoms with E-state index < -0.39 is 0 Å². The lowest BCUT2D eigenvalue weighted by Gasteiger charge is -2.21.